The maximum Gasteiger partial charge on any atom is 0.335 e. The summed E-state index contributed by atoms with van der Waals surface area (Å²) in [6.45, 7) is 1.84. The number of allylic oxidation sites excluding steroid dienone is 1. The van der Waals surface area contributed by atoms with Crippen molar-refractivity contribution in [2.45, 2.75) is 38.3 Å². The summed E-state index contributed by atoms with van der Waals surface area (Å²) in [5, 5.41) is 9.23. The van der Waals surface area contributed by atoms with Crippen molar-refractivity contribution in [1.29, 1.82) is 0 Å². The number of hydrogen-bond donors (Lipinski definition) is 1. The van der Waals surface area contributed by atoms with Crippen molar-refractivity contribution >= 4 is 5.97 Å². The summed E-state index contributed by atoms with van der Waals surface area (Å²) in [5.74, 6) is -0.803. The minimum atomic E-state index is -0.803. The Hall–Kier alpha value is -1.61. The Morgan fingerprint density at radius 1 is 1.37 bits per heavy atom. The molecule has 0 aromatic heterocycles. The second-order valence-corrected chi connectivity index (χ2v) is 5.40. The molecule has 1 aromatic carbocycles. The van der Waals surface area contributed by atoms with E-state index in [4.69, 9.17) is 0 Å². The molecule has 19 heavy (non-hydrogen) atoms. The third-order valence-electron chi connectivity index (χ3n) is 4.22. The van der Waals surface area contributed by atoms with Gasteiger partial charge in [-0.15, -0.1) is 0 Å². The summed E-state index contributed by atoms with van der Waals surface area (Å²) in [5.41, 5.74) is 2.70. The van der Waals surface area contributed by atoms with Crippen LogP contribution >= 0.6 is 0 Å². The van der Waals surface area contributed by atoms with E-state index in [1.54, 1.807) is 6.07 Å². The zero-order chi connectivity index (χ0) is 13.2. The maximum absolute atomic E-state index is 11.2. The number of aromatic carboxylic acids is 1. The fourth-order valence-corrected chi connectivity index (χ4v) is 3.21. The first-order valence-corrected chi connectivity index (χ1v) is 7.00. The van der Waals surface area contributed by atoms with Gasteiger partial charge in [0.1, 0.15) is 0 Å². The number of carbonyl (C=O) groups is 1. The summed E-state index contributed by atoms with van der Waals surface area (Å²) in [4.78, 5) is 13.7. The van der Waals surface area contributed by atoms with Crippen LogP contribution in [0.2, 0.25) is 0 Å². The number of rotatable bonds is 2. The largest absolute Gasteiger partial charge is 0.478 e. The zero-order valence-corrected chi connectivity index (χ0v) is 11.0. The Kier molecular flexibility index (Phi) is 3.38. The number of nitrogens with zero attached hydrogens (tertiary/aromatic N) is 1. The molecule has 1 aliphatic carbocycles. The molecule has 1 aromatic rings. The molecule has 100 valence electrons. The van der Waals surface area contributed by atoms with E-state index in [9.17, 15) is 9.90 Å². The van der Waals surface area contributed by atoms with Gasteiger partial charge < -0.3 is 5.11 Å². The second kappa shape index (κ2) is 5.17. The van der Waals surface area contributed by atoms with Crippen LogP contribution in [0.3, 0.4) is 0 Å². The number of carboxylic acids is 1. The first kappa shape index (κ1) is 12.4. The number of carboxylic acid groups (broad SMARTS) is 1. The molecule has 0 amide bonds. The van der Waals surface area contributed by atoms with Crippen LogP contribution in [-0.2, 0) is 13.0 Å². The zero-order valence-electron chi connectivity index (χ0n) is 11.0. The molecule has 0 bridgehead atoms. The normalized spacial score (nSPS) is 23.1. The van der Waals surface area contributed by atoms with Gasteiger partial charge in [-0.25, -0.2) is 4.79 Å². The standard InChI is InChI=1S/C16H19NO2/c18-16(19)15-8-4-5-12-11-17(10-9-14(12)15)13-6-2-1-3-7-13/h2,4-6,8,13H,1,3,7,9-11H2,(H,18,19). The van der Waals surface area contributed by atoms with Gasteiger partial charge in [0.25, 0.3) is 0 Å². The fraction of sp³-hybridized carbons (Fsp3) is 0.438. The highest BCUT2D eigenvalue weighted by Gasteiger charge is 2.25. The van der Waals surface area contributed by atoms with Gasteiger partial charge in [0.2, 0.25) is 0 Å². The van der Waals surface area contributed by atoms with E-state index in [0.29, 0.717) is 11.6 Å². The molecule has 3 nitrogen and oxygen atoms in total. The Morgan fingerprint density at radius 3 is 3.00 bits per heavy atom. The highest BCUT2D eigenvalue weighted by atomic mass is 16.4. The van der Waals surface area contributed by atoms with Gasteiger partial charge in [0, 0.05) is 19.1 Å². The Bertz CT molecular complexity index is 521. The van der Waals surface area contributed by atoms with Gasteiger partial charge in [-0.1, -0.05) is 24.3 Å². The molecule has 1 aliphatic heterocycles. The molecule has 1 unspecified atom stereocenters. The van der Waals surface area contributed by atoms with Gasteiger partial charge in [-0.05, 0) is 42.9 Å². The molecule has 3 rings (SSSR count). The summed E-state index contributed by atoms with van der Waals surface area (Å²) >= 11 is 0. The number of benzene rings is 1. The van der Waals surface area contributed by atoms with E-state index in [2.05, 4.69) is 23.1 Å². The minimum Gasteiger partial charge on any atom is -0.478 e. The van der Waals surface area contributed by atoms with Crippen molar-refractivity contribution in [2.75, 3.05) is 6.54 Å². The fourth-order valence-electron chi connectivity index (χ4n) is 3.21. The predicted molar refractivity (Wildman–Crippen MR) is 74.3 cm³/mol. The lowest BCUT2D eigenvalue weighted by atomic mass is 9.92. The quantitative estimate of drug-likeness (QED) is 0.828. The average molecular weight is 257 g/mol. The summed E-state index contributed by atoms with van der Waals surface area (Å²) in [6, 6.07) is 6.19. The lowest BCUT2D eigenvalue weighted by Crippen LogP contribution is -2.39. The summed E-state index contributed by atoms with van der Waals surface area (Å²) in [7, 11) is 0. The van der Waals surface area contributed by atoms with Crippen LogP contribution in [-0.4, -0.2) is 28.6 Å². The summed E-state index contributed by atoms with van der Waals surface area (Å²) < 4.78 is 0. The van der Waals surface area contributed by atoms with Gasteiger partial charge >= 0.3 is 5.97 Å². The van der Waals surface area contributed by atoms with Gasteiger partial charge in [0.15, 0.2) is 0 Å². The van der Waals surface area contributed by atoms with E-state index in [1.807, 2.05) is 6.07 Å². The number of hydrogen-bond acceptors (Lipinski definition) is 2. The van der Waals surface area contributed by atoms with E-state index in [0.717, 1.165) is 25.1 Å². The van der Waals surface area contributed by atoms with Gasteiger partial charge in [-0.2, -0.15) is 0 Å². The molecule has 1 N–H and O–H groups in total. The molecular formula is C16H19NO2. The SMILES string of the molecule is O=C(O)c1cccc2c1CCN(C1C=CCCC1)C2. The molecule has 2 aliphatic rings. The van der Waals surface area contributed by atoms with Crippen LogP contribution in [0.15, 0.2) is 30.4 Å². The van der Waals surface area contributed by atoms with Crippen molar-refractivity contribution in [3.8, 4) is 0 Å². The maximum atomic E-state index is 11.2. The van der Waals surface area contributed by atoms with Crippen molar-refractivity contribution < 1.29 is 9.90 Å². The van der Waals surface area contributed by atoms with Crippen molar-refractivity contribution in [3.63, 3.8) is 0 Å². The molecule has 3 heteroatoms. The molecule has 0 saturated carbocycles. The molecule has 0 radical (unpaired) electrons. The van der Waals surface area contributed by atoms with E-state index in [1.165, 1.54) is 24.8 Å². The highest BCUT2D eigenvalue weighted by Crippen LogP contribution is 2.26. The Balaban J connectivity index is 1.84. The molecular weight excluding hydrogens is 238 g/mol. The van der Waals surface area contributed by atoms with Crippen LogP contribution < -0.4 is 0 Å². The molecule has 1 atom stereocenters. The topological polar surface area (TPSA) is 40.5 Å². The monoisotopic (exact) mass is 257 g/mol. The minimum absolute atomic E-state index is 0.483. The van der Waals surface area contributed by atoms with Crippen LogP contribution in [0.1, 0.15) is 40.7 Å². The number of fused-ring (bicyclic) bond motifs is 1. The average Bonchev–Trinajstić information content (AvgIpc) is 2.47. The van der Waals surface area contributed by atoms with Crippen molar-refractivity contribution in [1.82, 2.24) is 4.90 Å². The van der Waals surface area contributed by atoms with Crippen molar-refractivity contribution in [3.05, 3.63) is 47.0 Å². The van der Waals surface area contributed by atoms with Gasteiger partial charge in [0.05, 0.1) is 5.56 Å². The third-order valence-corrected chi connectivity index (χ3v) is 4.22. The van der Waals surface area contributed by atoms with E-state index < -0.39 is 5.97 Å². The molecule has 0 fully saturated rings. The lowest BCUT2D eigenvalue weighted by Gasteiger charge is -2.35. The van der Waals surface area contributed by atoms with E-state index in [-0.39, 0.29) is 0 Å². The van der Waals surface area contributed by atoms with Gasteiger partial charge in [-0.3, -0.25) is 4.90 Å². The van der Waals surface area contributed by atoms with Crippen molar-refractivity contribution in [2.24, 2.45) is 0 Å². The van der Waals surface area contributed by atoms with E-state index >= 15 is 0 Å². The first-order chi connectivity index (χ1) is 9.25. The lowest BCUT2D eigenvalue weighted by molar-refractivity contribution is 0.0694. The first-order valence-electron chi connectivity index (χ1n) is 7.00. The second-order valence-electron chi connectivity index (χ2n) is 5.40. The highest BCUT2D eigenvalue weighted by molar-refractivity contribution is 5.89. The van der Waals surface area contributed by atoms with Crippen LogP contribution in [0.4, 0.5) is 0 Å². The molecule has 0 saturated heterocycles. The Labute approximate surface area is 113 Å². The smallest absolute Gasteiger partial charge is 0.335 e. The molecule has 1 heterocycles. The van der Waals surface area contributed by atoms with Crippen LogP contribution in [0.5, 0.6) is 0 Å². The van der Waals surface area contributed by atoms with Crippen LogP contribution in [0, 0.1) is 0 Å². The Morgan fingerprint density at radius 2 is 2.26 bits per heavy atom. The predicted octanol–water partition coefficient (Wildman–Crippen LogP) is 2.85. The van der Waals surface area contributed by atoms with Crippen LogP contribution in [0.25, 0.3) is 0 Å². The third kappa shape index (κ3) is 2.43. The summed E-state index contributed by atoms with van der Waals surface area (Å²) in [6.07, 6.45) is 9.13. The molecule has 0 spiro atoms.